The molecule has 2 N–H and O–H groups in total. The van der Waals surface area contributed by atoms with Crippen LogP contribution in [0, 0.1) is 0 Å². The molecule has 1 aliphatic rings. The second-order valence-corrected chi connectivity index (χ2v) is 5.92. The number of nitrogens with zero attached hydrogens (tertiary/aromatic N) is 1. The van der Waals surface area contributed by atoms with E-state index in [2.05, 4.69) is 27.9 Å². The van der Waals surface area contributed by atoms with E-state index in [9.17, 15) is 0 Å². The van der Waals surface area contributed by atoms with Gasteiger partial charge < -0.3 is 15.4 Å². The minimum absolute atomic E-state index is 0.369. The second-order valence-electron chi connectivity index (χ2n) is 4.56. The summed E-state index contributed by atoms with van der Waals surface area (Å²) in [7, 11) is 2.14. The van der Waals surface area contributed by atoms with Crippen LogP contribution in [0.25, 0.3) is 0 Å². The lowest BCUT2D eigenvalue weighted by atomic mass is 10.2. The van der Waals surface area contributed by atoms with Crippen molar-refractivity contribution in [2.24, 2.45) is 5.73 Å². The third-order valence-electron chi connectivity index (χ3n) is 3.08. The Morgan fingerprint density at radius 1 is 1.56 bits per heavy atom. The van der Waals surface area contributed by atoms with Crippen LogP contribution in [0.1, 0.15) is 18.4 Å². The van der Waals surface area contributed by atoms with Crippen molar-refractivity contribution in [2.75, 3.05) is 20.2 Å². The van der Waals surface area contributed by atoms with Crippen LogP contribution in [0.3, 0.4) is 0 Å². The Morgan fingerprint density at radius 3 is 2.89 bits per heavy atom. The lowest BCUT2D eigenvalue weighted by Gasteiger charge is -2.17. The molecule has 18 heavy (non-hydrogen) atoms. The number of hydrogen-bond donors (Lipinski definition) is 1. The summed E-state index contributed by atoms with van der Waals surface area (Å²) in [6.45, 7) is 1.58. The smallest absolute Gasteiger partial charge is 0.130 e. The molecule has 3 nitrogen and oxygen atoms in total. The lowest BCUT2D eigenvalue weighted by molar-refractivity contribution is 0.231. The zero-order chi connectivity index (χ0) is 13.1. The third-order valence-corrected chi connectivity index (χ3v) is 3.79. The molecule has 1 aromatic rings. The summed E-state index contributed by atoms with van der Waals surface area (Å²) >= 11 is 8.44. The Hall–Kier alpha value is -0.650. The summed E-state index contributed by atoms with van der Waals surface area (Å²) in [5.74, 6) is 0.751. The fourth-order valence-corrected chi connectivity index (χ4v) is 2.33. The van der Waals surface area contributed by atoms with E-state index in [1.807, 2.05) is 18.2 Å². The maximum atomic E-state index is 5.79. The van der Waals surface area contributed by atoms with Gasteiger partial charge in [0.05, 0.1) is 5.56 Å². The maximum absolute atomic E-state index is 5.79. The first kappa shape index (κ1) is 13.8. The van der Waals surface area contributed by atoms with Gasteiger partial charge in [-0.1, -0.05) is 28.1 Å². The average Bonchev–Trinajstić information content (AvgIpc) is 3.12. The molecule has 1 fully saturated rings. The number of halogens is 1. The van der Waals surface area contributed by atoms with Crippen LogP contribution in [0.5, 0.6) is 5.75 Å². The molecular formula is C13H17BrN2OS. The van der Waals surface area contributed by atoms with Gasteiger partial charge in [0, 0.05) is 17.1 Å². The van der Waals surface area contributed by atoms with Crippen LogP contribution in [0.4, 0.5) is 0 Å². The number of hydrogen-bond acceptors (Lipinski definition) is 3. The Bertz CT molecular complexity index is 449. The van der Waals surface area contributed by atoms with E-state index in [0.29, 0.717) is 11.6 Å². The molecular weight excluding hydrogens is 312 g/mol. The van der Waals surface area contributed by atoms with Crippen molar-refractivity contribution in [3.63, 3.8) is 0 Å². The van der Waals surface area contributed by atoms with Gasteiger partial charge in [-0.3, -0.25) is 0 Å². The van der Waals surface area contributed by atoms with Crippen molar-refractivity contribution in [3.8, 4) is 5.75 Å². The lowest BCUT2D eigenvalue weighted by Crippen LogP contribution is -2.26. The molecule has 0 atom stereocenters. The van der Waals surface area contributed by atoms with E-state index in [1.54, 1.807) is 0 Å². The molecule has 0 radical (unpaired) electrons. The van der Waals surface area contributed by atoms with Crippen molar-refractivity contribution in [2.45, 2.75) is 18.9 Å². The van der Waals surface area contributed by atoms with Crippen molar-refractivity contribution >= 4 is 33.1 Å². The molecule has 0 unspecified atom stereocenters. The van der Waals surface area contributed by atoms with Gasteiger partial charge in [0.2, 0.25) is 0 Å². The first-order valence-electron chi connectivity index (χ1n) is 6.00. The highest BCUT2D eigenvalue weighted by Gasteiger charge is 2.25. The molecule has 1 aromatic carbocycles. The standard InChI is InChI=1S/C13H17BrN2OS/c1-16(10-3-4-10)6-7-17-12-8-9(14)2-5-11(12)13(15)18/h2,5,8,10H,3-4,6-7H2,1H3,(H2,15,18). The van der Waals surface area contributed by atoms with Crippen molar-refractivity contribution in [1.82, 2.24) is 4.90 Å². The maximum Gasteiger partial charge on any atom is 0.130 e. The zero-order valence-electron chi connectivity index (χ0n) is 10.4. The summed E-state index contributed by atoms with van der Waals surface area (Å²) in [5.41, 5.74) is 6.47. The van der Waals surface area contributed by atoms with Crippen molar-refractivity contribution in [3.05, 3.63) is 28.2 Å². The molecule has 0 heterocycles. The Labute approximate surface area is 121 Å². The van der Waals surface area contributed by atoms with E-state index < -0.39 is 0 Å². The number of nitrogens with two attached hydrogens (primary N) is 1. The molecule has 0 bridgehead atoms. The number of rotatable bonds is 6. The van der Waals surface area contributed by atoms with Crippen LogP contribution >= 0.6 is 28.1 Å². The molecule has 1 saturated carbocycles. The van der Waals surface area contributed by atoms with E-state index in [-0.39, 0.29) is 0 Å². The van der Waals surface area contributed by atoms with Gasteiger partial charge in [0.25, 0.3) is 0 Å². The SMILES string of the molecule is CN(CCOc1cc(Br)ccc1C(N)=S)C1CC1. The van der Waals surface area contributed by atoms with Gasteiger partial charge in [0.1, 0.15) is 17.3 Å². The fourth-order valence-electron chi connectivity index (χ4n) is 1.82. The van der Waals surface area contributed by atoms with E-state index in [4.69, 9.17) is 22.7 Å². The first-order chi connectivity index (χ1) is 8.58. The third kappa shape index (κ3) is 3.67. The van der Waals surface area contributed by atoms with Crippen LogP contribution in [-0.4, -0.2) is 36.1 Å². The Balaban J connectivity index is 1.94. The van der Waals surface area contributed by atoms with Crippen molar-refractivity contribution < 1.29 is 4.74 Å². The molecule has 5 heteroatoms. The van der Waals surface area contributed by atoms with Crippen LogP contribution < -0.4 is 10.5 Å². The highest BCUT2D eigenvalue weighted by molar-refractivity contribution is 9.10. The number of benzene rings is 1. The highest BCUT2D eigenvalue weighted by atomic mass is 79.9. The predicted molar refractivity (Wildman–Crippen MR) is 81.2 cm³/mol. The number of ether oxygens (including phenoxy) is 1. The summed E-state index contributed by atoms with van der Waals surface area (Å²) in [4.78, 5) is 2.70. The first-order valence-corrected chi connectivity index (χ1v) is 7.20. The van der Waals surface area contributed by atoms with Crippen LogP contribution in [0.2, 0.25) is 0 Å². The fraction of sp³-hybridized carbons (Fsp3) is 0.462. The van der Waals surface area contributed by atoms with Crippen molar-refractivity contribution in [1.29, 1.82) is 0 Å². The topological polar surface area (TPSA) is 38.5 Å². The average molecular weight is 329 g/mol. The highest BCUT2D eigenvalue weighted by Crippen LogP contribution is 2.26. The van der Waals surface area contributed by atoms with Gasteiger partial charge >= 0.3 is 0 Å². The number of likely N-dealkylation sites (N-methyl/N-ethyl adjacent to an activating group) is 1. The summed E-state index contributed by atoms with van der Waals surface area (Å²) in [5, 5.41) is 0. The molecule has 2 rings (SSSR count). The summed E-state index contributed by atoms with van der Waals surface area (Å²) in [6.07, 6.45) is 2.62. The van der Waals surface area contributed by atoms with E-state index in [0.717, 1.165) is 28.4 Å². The van der Waals surface area contributed by atoms with Gasteiger partial charge in [0.15, 0.2) is 0 Å². The van der Waals surface area contributed by atoms with E-state index >= 15 is 0 Å². The molecule has 0 aromatic heterocycles. The van der Waals surface area contributed by atoms with Gasteiger partial charge in [-0.15, -0.1) is 0 Å². The Kier molecular flexibility index (Phi) is 4.59. The summed E-state index contributed by atoms with van der Waals surface area (Å²) < 4.78 is 6.75. The van der Waals surface area contributed by atoms with Crippen LogP contribution in [-0.2, 0) is 0 Å². The Morgan fingerprint density at radius 2 is 2.28 bits per heavy atom. The minimum Gasteiger partial charge on any atom is -0.491 e. The molecule has 0 saturated heterocycles. The summed E-state index contributed by atoms with van der Waals surface area (Å²) in [6, 6.07) is 6.46. The second kappa shape index (κ2) is 5.99. The van der Waals surface area contributed by atoms with Gasteiger partial charge in [-0.25, -0.2) is 0 Å². The van der Waals surface area contributed by atoms with Gasteiger partial charge in [-0.2, -0.15) is 0 Å². The zero-order valence-corrected chi connectivity index (χ0v) is 12.8. The van der Waals surface area contributed by atoms with Gasteiger partial charge in [-0.05, 0) is 38.1 Å². The largest absolute Gasteiger partial charge is 0.491 e. The molecule has 0 aliphatic heterocycles. The normalized spacial score (nSPS) is 14.8. The molecule has 0 spiro atoms. The monoisotopic (exact) mass is 328 g/mol. The minimum atomic E-state index is 0.369. The molecule has 0 amide bonds. The van der Waals surface area contributed by atoms with E-state index in [1.165, 1.54) is 12.8 Å². The number of thiocarbonyl (C=S) groups is 1. The molecule has 98 valence electrons. The quantitative estimate of drug-likeness (QED) is 0.814. The molecule has 1 aliphatic carbocycles. The van der Waals surface area contributed by atoms with Crippen LogP contribution in [0.15, 0.2) is 22.7 Å². The predicted octanol–water partition coefficient (Wildman–Crippen LogP) is 2.56.